The van der Waals surface area contributed by atoms with Gasteiger partial charge in [-0.05, 0) is 48.3 Å². The van der Waals surface area contributed by atoms with Crippen LogP contribution in [0.1, 0.15) is 12.8 Å². The Hall–Kier alpha value is -1.12. The number of allylic oxidation sites excluding steroid dienone is 1. The second-order valence-corrected chi connectivity index (χ2v) is 6.25. The molecule has 0 amide bonds. The normalized spacial score (nSPS) is 10.9. The summed E-state index contributed by atoms with van der Waals surface area (Å²) in [5.74, 6) is 1.18. The monoisotopic (exact) mass is 286 g/mol. The molecular formula is C17H18S2. The first kappa shape index (κ1) is 14.3. The summed E-state index contributed by atoms with van der Waals surface area (Å²) in [5.41, 5.74) is 0. The van der Waals surface area contributed by atoms with Crippen LogP contribution in [0.4, 0.5) is 0 Å². The molecule has 2 aromatic rings. The van der Waals surface area contributed by atoms with Gasteiger partial charge in [0.15, 0.2) is 0 Å². The molecule has 0 spiro atoms. The molecule has 2 aromatic carbocycles. The lowest BCUT2D eigenvalue weighted by Crippen LogP contribution is -1.78. The van der Waals surface area contributed by atoms with Crippen LogP contribution < -0.4 is 0 Å². The van der Waals surface area contributed by atoms with E-state index in [1.165, 1.54) is 22.0 Å². The van der Waals surface area contributed by atoms with Gasteiger partial charge in [-0.25, -0.2) is 0 Å². The Bertz CT molecular complexity index is 477. The molecule has 0 saturated heterocycles. The standard InChI is InChI=1S/C17H18S2/c1-4-10-16(11-5-1)18-14-8-3-9-15-19-17-12-6-2-7-13-17/h1-2,4-8,10-14H,3,9,15H2/b14-8+. The Kier molecular flexibility index (Phi) is 6.69. The smallest absolute Gasteiger partial charge is 0.0116 e. The van der Waals surface area contributed by atoms with E-state index < -0.39 is 0 Å². The van der Waals surface area contributed by atoms with E-state index in [-0.39, 0.29) is 0 Å². The zero-order chi connectivity index (χ0) is 13.2. The van der Waals surface area contributed by atoms with Gasteiger partial charge in [0.25, 0.3) is 0 Å². The van der Waals surface area contributed by atoms with Crippen molar-refractivity contribution in [2.24, 2.45) is 0 Å². The minimum absolute atomic E-state index is 1.15. The lowest BCUT2D eigenvalue weighted by Gasteiger charge is -1.99. The van der Waals surface area contributed by atoms with Crippen LogP contribution in [-0.2, 0) is 0 Å². The maximum Gasteiger partial charge on any atom is 0.0116 e. The van der Waals surface area contributed by atoms with Gasteiger partial charge >= 0.3 is 0 Å². The summed E-state index contributed by atoms with van der Waals surface area (Å²) >= 11 is 3.72. The fourth-order valence-electron chi connectivity index (χ4n) is 1.60. The summed E-state index contributed by atoms with van der Waals surface area (Å²) < 4.78 is 0. The van der Waals surface area contributed by atoms with Gasteiger partial charge in [0, 0.05) is 9.79 Å². The Balaban J connectivity index is 1.57. The molecular weight excluding hydrogens is 268 g/mol. The van der Waals surface area contributed by atoms with E-state index in [1.807, 2.05) is 11.8 Å². The van der Waals surface area contributed by atoms with Crippen molar-refractivity contribution in [3.63, 3.8) is 0 Å². The van der Waals surface area contributed by atoms with Gasteiger partial charge in [-0.15, -0.1) is 11.8 Å². The highest BCUT2D eigenvalue weighted by Gasteiger charge is 1.91. The van der Waals surface area contributed by atoms with Gasteiger partial charge in [-0.1, -0.05) is 54.2 Å². The zero-order valence-corrected chi connectivity index (χ0v) is 12.5. The molecule has 98 valence electrons. The van der Waals surface area contributed by atoms with Gasteiger partial charge in [-0.3, -0.25) is 0 Å². The molecule has 0 saturated carbocycles. The van der Waals surface area contributed by atoms with Crippen LogP contribution in [0.3, 0.4) is 0 Å². The maximum atomic E-state index is 2.27. The predicted octanol–water partition coefficient (Wildman–Crippen LogP) is 5.86. The summed E-state index contributed by atoms with van der Waals surface area (Å²) in [6.45, 7) is 0. The fraction of sp³-hybridized carbons (Fsp3) is 0.176. The van der Waals surface area contributed by atoms with E-state index in [4.69, 9.17) is 0 Å². The quantitative estimate of drug-likeness (QED) is 0.461. The molecule has 0 heterocycles. The van der Waals surface area contributed by atoms with Crippen molar-refractivity contribution in [1.29, 1.82) is 0 Å². The molecule has 19 heavy (non-hydrogen) atoms. The molecule has 0 bridgehead atoms. The average molecular weight is 286 g/mol. The molecule has 2 heteroatoms. The van der Waals surface area contributed by atoms with E-state index in [0.717, 1.165) is 6.42 Å². The van der Waals surface area contributed by atoms with E-state index in [1.54, 1.807) is 11.8 Å². The second-order valence-electron chi connectivity index (χ2n) is 4.11. The number of rotatable bonds is 7. The first-order valence-corrected chi connectivity index (χ1v) is 8.36. The molecule has 0 aliphatic heterocycles. The van der Waals surface area contributed by atoms with Crippen LogP contribution in [0.5, 0.6) is 0 Å². The third-order valence-electron chi connectivity index (χ3n) is 2.57. The summed E-state index contributed by atoms with van der Waals surface area (Å²) in [6, 6.07) is 21.1. The highest BCUT2D eigenvalue weighted by molar-refractivity contribution is 8.02. The third-order valence-corrected chi connectivity index (χ3v) is 4.54. The van der Waals surface area contributed by atoms with Gasteiger partial charge in [-0.2, -0.15) is 0 Å². The summed E-state index contributed by atoms with van der Waals surface area (Å²) in [4.78, 5) is 2.67. The van der Waals surface area contributed by atoms with E-state index in [0.29, 0.717) is 0 Å². The van der Waals surface area contributed by atoms with Crippen molar-refractivity contribution in [3.8, 4) is 0 Å². The van der Waals surface area contributed by atoms with Crippen molar-refractivity contribution >= 4 is 23.5 Å². The van der Waals surface area contributed by atoms with E-state index in [9.17, 15) is 0 Å². The molecule has 0 aliphatic carbocycles. The summed E-state index contributed by atoms with van der Waals surface area (Å²) in [6.07, 6.45) is 4.65. The fourth-order valence-corrected chi connectivity index (χ4v) is 3.20. The number of benzene rings is 2. The lowest BCUT2D eigenvalue weighted by atomic mass is 10.3. The SMILES string of the molecule is C(=C\Sc1ccccc1)/CCCSc1ccccc1. The topological polar surface area (TPSA) is 0 Å². The van der Waals surface area contributed by atoms with Crippen LogP contribution >= 0.6 is 23.5 Å². The van der Waals surface area contributed by atoms with Crippen molar-refractivity contribution in [2.45, 2.75) is 22.6 Å². The minimum Gasteiger partial charge on any atom is -0.126 e. The molecule has 0 aromatic heterocycles. The maximum absolute atomic E-state index is 2.27. The van der Waals surface area contributed by atoms with E-state index >= 15 is 0 Å². The molecule has 0 radical (unpaired) electrons. The van der Waals surface area contributed by atoms with Crippen LogP contribution in [0.25, 0.3) is 0 Å². The van der Waals surface area contributed by atoms with Gasteiger partial charge < -0.3 is 0 Å². The Morgan fingerprint density at radius 1 is 0.789 bits per heavy atom. The van der Waals surface area contributed by atoms with Crippen LogP contribution in [0, 0.1) is 0 Å². The van der Waals surface area contributed by atoms with Crippen LogP contribution in [0.15, 0.2) is 81.9 Å². The lowest BCUT2D eigenvalue weighted by molar-refractivity contribution is 0.973. The Labute approximate surface area is 124 Å². The van der Waals surface area contributed by atoms with Gasteiger partial charge in [0.2, 0.25) is 0 Å². The first-order valence-electron chi connectivity index (χ1n) is 6.50. The minimum atomic E-state index is 1.15. The number of unbranched alkanes of at least 4 members (excludes halogenated alkanes) is 1. The molecule has 0 nitrogen and oxygen atoms in total. The van der Waals surface area contributed by atoms with E-state index in [2.05, 4.69) is 72.1 Å². The zero-order valence-electron chi connectivity index (χ0n) is 10.9. The van der Waals surface area contributed by atoms with Crippen LogP contribution in [0.2, 0.25) is 0 Å². The molecule has 2 rings (SSSR count). The van der Waals surface area contributed by atoms with Crippen molar-refractivity contribution in [1.82, 2.24) is 0 Å². The molecule has 0 unspecified atom stereocenters. The Morgan fingerprint density at radius 2 is 1.42 bits per heavy atom. The summed E-state index contributed by atoms with van der Waals surface area (Å²) in [5, 5.41) is 2.20. The van der Waals surface area contributed by atoms with Crippen molar-refractivity contribution in [2.75, 3.05) is 5.75 Å². The highest BCUT2D eigenvalue weighted by atomic mass is 32.2. The van der Waals surface area contributed by atoms with Gasteiger partial charge in [0.05, 0.1) is 0 Å². The Morgan fingerprint density at radius 3 is 2.11 bits per heavy atom. The second kappa shape index (κ2) is 8.89. The van der Waals surface area contributed by atoms with Crippen LogP contribution in [-0.4, -0.2) is 5.75 Å². The number of hydrogen-bond acceptors (Lipinski definition) is 2. The molecule has 0 atom stereocenters. The number of hydrogen-bond donors (Lipinski definition) is 0. The van der Waals surface area contributed by atoms with Crippen molar-refractivity contribution in [3.05, 3.63) is 72.1 Å². The third kappa shape index (κ3) is 6.04. The molecule has 0 N–H and O–H groups in total. The van der Waals surface area contributed by atoms with Gasteiger partial charge in [0.1, 0.15) is 0 Å². The number of thioether (sulfide) groups is 2. The molecule has 0 fully saturated rings. The predicted molar refractivity (Wildman–Crippen MR) is 87.8 cm³/mol. The first-order chi connectivity index (χ1) is 9.45. The summed E-state index contributed by atoms with van der Waals surface area (Å²) in [7, 11) is 0. The highest BCUT2D eigenvalue weighted by Crippen LogP contribution is 2.20. The average Bonchev–Trinajstić information content (AvgIpc) is 2.48. The largest absolute Gasteiger partial charge is 0.126 e. The molecule has 0 aliphatic rings. The van der Waals surface area contributed by atoms with Crippen molar-refractivity contribution < 1.29 is 0 Å².